The van der Waals surface area contributed by atoms with E-state index in [1.165, 1.54) is 0 Å². The van der Waals surface area contributed by atoms with Gasteiger partial charge in [0.2, 0.25) is 5.91 Å². The summed E-state index contributed by atoms with van der Waals surface area (Å²) in [5.41, 5.74) is 3.22. The van der Waals surface area contributed by atoms with E-state index in [2.05, 4.69) is 10.6 Å². The van der Waals surface area contributed by atoms with Crippen molar-refractivity contribution < 1.29 is 4.79 Å². The van der Waals surface area contributed by atoms with E-state index in [9.17, 15) is 4.79 Å². The van der Waals surface area contributed by atoms with Crippen molar-refractivity contribution in [2.45, 2.75) is 20.3 Å². The number of carbonyl (C=O) groups is 1. The van der Waals surface area contributed by atoms with Crippen molar-refractivity contribution >= 4 is 11.6 Å². The number of amides is 1. The van der Waals surface area contributed by atoms with Crippen LogP contribution in [0.1, 0.15) is 17.5 Å². The molecule has 1 amide bonds. The lowest BCUT2D eigenvalue weighted by Crippen LogP contribution is -2.25. The molecule has 1 aliphatic heterocycles. The molecule has 0 bridgehead atoms. The molecule has 0 spiro atoms. The quantitative estimate of drug-likeness (QED) is 0.795. The summed E-state index contributed by atoms with van der Waals surface area (Å²) in [5, 5.41) is 6.25. The molecule has 1 saturated heterocycles. The Morgan fingerprint density at radius 3 is 2.62 bits per heavy atom. The van der Waals surface area contributed by atoms with E-state index in [-0.39, 0.29) is 11.8 Å². The molecule has 1 heterocycles. The maximum atomic E-state index is 12.0. The van der Waals surface area contributed by atoms with Crippen LogP contribution in [-0.2, 0) is 4.79 Å². The molecule has 0 saturated carbocycles. The maximum Gasteiger partial charge on any atom is 0.228 e. The van der Waals surface area contributed by atoms with Crippen LogP contribution in [-0.4, -0.2) is 19.0 Å². The van der Waals surface area contributed by atoms with Gasteiger partial charge in [0.25, 0.3) is 0 Å². The van der Waals surface area contributed by atoms with Gasteiger partial charge >= 0.3 is 0 Å². The standard InChI is InChI=1S/C13H18N2O/c1-9-4-3-5-10(2)12(9)15-13(16)11-6-7-14-8-11/h3-5,11,14H,6-8H2,1-2H3,(H,15,16)/t11-/m1/s1. The molecule has 0 aromatic heterocycles. The van der Waals surface area contributed by atoms with E-state index >= 15 is 0 Å². The number of hydrogen-bond donors (Lipinski definition) is 2. The van der Waals surface area contributed by atoms with Gasteiger partial charge in [0, 0.05) is 12.2 Å². The van der Waals surface area contributed by atoms with E-state index in [4.69, 9.17) is 0 Å². The number of carbonyl (C=O) groups excluding carboxylic acids is 1. The molecule has 0 aliphatic carbocycles. The number of nitrogens with one attached hydrogen (secondary N) is 2. The van der Waals surface area contributed by atoms with Crippen molar-refractivity contribution in [1.29, 1.82) is 0 Å². The molecule has 2 rings (SSSR count). The maximum absolute atomic E-state index is 12.0. The Kier molecular flexibility index (Phi) is 3.25. The number of aryl methyl sites for hydroxylation is 2. The van der Waals surface area contributed by atoms with Crippen molar-refractivity contribution in [2.75, 3.05) is 18.4 Å². The molecule has 1 atom stereocenters. The molecule has 1 fully saturated rings. The van der Waals surface area contributed by atoms with E-state index in [1.807, 2.05) is 32.0 Å². The van der Waals surface area contributed by atoms with Gasteiger partial charge in [-0.05, 0) is 37.9 Å². The molecule has 3 nitrogen and oxygen atoms in total. The topological polar surface area (TPSA) is 41.1 Å². The van der Waals surface area contributed by atoms with E-state index in [1.54, 1.807) is 0 Å². The van der Waals surface area contributed by atoms with Crippen LogP contribution < -0.4 is 10.6 Å². The monoisotopic (exact) mass is 218 g/mol. The molecule has 1 aromatic rings. The molecule has 0 radical (unpaired) electrons. The zero-order valence-corrected chi connectivity index (χ0v) is 9.84. The van der Waals surface area contributed by atoms with Crippen LogP contribution in [0.25, 0.3) is 0 Å². The number of hydrogen-bond acceptors (Lipinski definition) is 2. The highest BCUT2D eigenvalue weighted by Gasteiger charge is 2.22. The van der Waals surface area contributed by atoms with Gasteiger partial charge in [-0.25, -0.2) is 0 Å². The Morgan fingerprint density at radius 1 is 1.38 bits per heavy atom. The van der Waals surface area contributed by atoms with Gasteiger partial charge < -0.3 is 10.6 Å². The van der Waals surface area contributed by atoms with Crippen LogP contribution in [0.15, 0.2) is 18.2 Å². The lowest BCUT2D eigenvalue weighted by molar-refractivity contribution is -0.119. The second-order valence-corrected chi connectivity index (χ2v) is 4.45. The summed E-state index contributed by atoms with van der Waals surface area (Å²) in [6.45, 7) is 5.80. The number of para-hydroxylation sites is 1. The summed E-state index contributed by atoms with van der Waals surface area (Å²) in [6, 6.07) is 6.06. The number of anilines is 1. The summed E-state index contributed by atoms with van der Waals surface area (Å²) < 4.78 is 0. The Labute approximate surface area is 96.2 Å². The van der Waals surface area contributed by atoms with Crippen LogP contribution in [0, 0.1) is 19.8 Å². The van der Waals surface area contributed by atoms with Crippen molar-refractivity contribution in [3.8, 4) is 0 Å². The van der Waals surface area contributed by atoms with Gasteiger partial charge in [0.1, 0.15) is 0 Å². The van der Waals surface area contributed by atoms with Crippen LogP contribution in [0.5, 0.6) is 0 Å². The smallest absolute Gasteiger partial charge is 0.228 e. The Morgan fingerprint density at radius 2 is 2.06 bits per heavy atom. The fourth-order valence-electron chi connectivity index (χ4n) is 2.12. The summed E-state index contributed by atoms with van der Waals surface area (Å²) >= 11 is 0. The zero-order valence-electron chi connectivity index (χ0n) is 9.84. The molecule has 16 heavy (non-hydrogen) atoms. The minimum Gasteiger partial charge on any atom is -0.325 e. The molecule has 3 heteroatoms. The minimum absolute atomic E-state index is 0.124. The minimum atomic E-state index is 0.124. The summed E-state index contributed by atoms with van der Waals surface area (Å²) in [6.07, 6.45) is 0.941. The van der Waals surface area contributed by atoms with Gasteiger partial charge in [-0.1, -0.05) is 18.2 Å². The van der Waals surface area contributed by atoms with Crippen molar-refractivity contribution in [3.05, 3.63) is 29.3 Å². The van der Waals surface area contributed by atoms with Gasteiger partial charge in [-0.3, -0.25) is 4.79 Å². The van der Waals surface area contributed by atoms with E-state index in [0.717, 1.165) is 36.3 Å². The highest BCUT2D eigenvalue weighted by atomic mass is 16.1. The van der Waals surface area contributed by atoms with Gasteiger partial charge in [-0.2, -0.15) is 0 Å². The van der Waals surface area contributed by atoms with Gasteiger partial charge in [0.15, 0.2) is 0 Å². The first-order valence-corrected chi connectivity index (χ1v) is 5.76. The molecule has 86 valence electrons. The van der Waals surface area contributed by atoms with Crippen molar-refractivity contribution in [1.82, 2.24) is 5.32 Å². The highest BCUT2D eigenvalue weighted by Crippen LogP contribution is 2.21. The SMILES string of the molecule is Cc1cccc(C)c1NC(=O)[C@@H]1CCNC1. The third-order valence-electron chi connectivity index (χ3n) is 3.16. The van der Waals surface area contributed by atoms with Crippen LogP contribution in [0.3, 0.4) is 0 Å². The lowest BCUT2D eigenvalue weighted by atomic mass is 10.1. The molecule has 1 aliphatic rings. The van der Waals surface area contributed by atoms with Gasteiger partial charge in [-0.15, -0.1) is 0 Å². The van der Waals surface area contributed by atoms with Crippen molar-refractivity contribution in [3.63, 3.8) is 0 Å². The zero-order chi connectivity index (χ0) is 11.5. The first-order chi connectivity index (χ1) is 7.68. The summed E-state index contributed by atoms with van der Waals surface area (Å²) in [4.78, 5) is 12.0. The third-order valence-corrected chi connectivity index (χ3v) is 3.16. The van der Waals surface area contributed by atoms with E-state index < -0.39 is 0 Å². The van der Waals surface area contributed by atoms with Crippen molar-refractivity contribution in [2.24, 2.45) is 5.92 Å². The molecule has 1 aromatic carbocycles. The predicted molar refractivity (Wildman–Crippen MR) is 65.5 cm³/mol. The highest BCUT2D eigenvalue weighted by molar-refractivity contribution is 5.94. The Bertz CT molecular complexity index is 375. The predicted octanol–water partition coefficient (Wildman–Crippen LogP) is 1.85. The molecular weight excluding hydrogens is 200 g/mol. The second kappa shape index (κ2) is 4.66. The number of rotatable bonds is 2. The largest absolute Gasteiger partial charge is 0.325 e. The lowest BCUT2D eigenvalue weighted by Gasteiger charge is -2.14. The van der Waals surface area contributed by atoms with E-state index in [0.29, 0.717) is 0 Å². The normalized spacial score (nSPS) is 19.8. The first kappa shape index (κ1) is 11.1. The number of benzene rings is 1. The fraction of sp³-hybridized carbons (Fsp3) is 0.462. The Hall–Kier alpha value is -1.35. The van der Waals surface area contributed by atoms with Crippen LogP contribution in [0.2, 0.25) is 0 Å². The summed E-state index contributed by atoms with van der Waals surface area (Å²) in [7, 11) is 0. The van der Waals surface area contributed by atoms with Gasteiger partial charge in [0.05, 0.1) is 5.92 Å². The Balaban J connectivity index is 2.11. The molecule has 2 N–H and O–H groups in total. The van der Waals surface area contributed by atoms with Crippen LogP contribution >= 0.6 is 0 Å². The average molecular weight is 218 g/mol. The average Bonchev–Trinajstić information content (AvgIpc) is 2.76. The van der Waals surface area contributed by atoms with Crippen LogP contribution in [0.4, 0.5) is 5.69 Å². The molecule has 0 unspecified atom stereocenters. The third kappa shape index (κ3) is 2.25. The summed E-state index contributed by atoms with van der Waals surface area (Å²) in [5.74, 6) is 0.265. The second-order valence-electron chi connectivity index (χ2n) is 4.45. The first-order valence-electron chi connectivity index (χ1n) is 5.76. The fourth-order valence-corrected chi connectivity index (χ4v) is 2.12. The molecular formula is C13H18N2O.